The van der Waals surface area contributed by atoms with Crippen molar-refractivity contribution in [2.75, 3.05) is 13.2 Å². The number of aryl methyl sites for hydroxylation is 1. The summed E-state index contributed by atoms with van der Waals surface area (Å²) in [5, 5.41) is 9.55. The summed E-state index contributed by atoms with van der Waals surface area (Å²) in [5.74, 6) is 2.82. The maximum atomic E-state index is 12.8. The first-order chi connectivity index (χ1) is 14.5. The molecule has 3 heterocycles. The van der Waals surface area contributed by atoms with E-state index in [0.29, 0.717) is 30.3 Å². The van der Waals surface area contributed by atoms with E-state index in [2.05, 4.69) is 21.7 Å². The number of amides is 1. The summed E-state index contributed by atoms with van der Waals surface area (Å²) in [6, 6.07) is 6.98. The van der Waals surface area contributed by atoms with Crippen molar-refractivity contribution >= 4 is 16.9 Å². The maximum Gasteiger partial charge on any atom is 0.336 e. The molecule has 0 N–H and O–H groups in total. The first-order valence-electron chi connectivity index (χ1n) is 10.4. The molecule has 1 atom stereocenters. The van der Waals surface area contributed by atoms with Crippen molar-refractivity contribution in [3.8, 4) is 5.75 Å². The van der Waals surface area contributed by atoms with Gasteiger partial charge in [0.1, 0.15) is 17.2 Å². The Morgan fingerprint density at radius 2 is 2.10 bits per heavy atom. The second-order valence-electron chi connectivity index (χ2n) is 8.13. The van der Waals surface area contributed by atoms with E-state index in [1.807, 2.05) is 13.0 Å². The van der Waals surface area contributed by atoms with Gasteiger partial charge >= 0.3 is 5.63 Å². The molecule has 1 aliphatic carbocycles. The Balaban J connectivity index is 1.28. The predicted molar refractivity (Wildman–Crippen MR) is 109 cm³/mol. The molecule has 0 saturated heterocycles. The van der Waals surface area contributed by atoms with Gasteiger partial charge in [0.2, 0.25) is 0 Å². The zero-order chi connectivity index (χ0) is 20.8. The number of aromatic nitrogens is 3. The molecule has 1 aromatic carbocycles. The highest BCUT2D eigenvalue weighted by molar-refractivity contribution is 5.82. The third kappa shape index (κ3) is 3.36. The molecule has 1 fully saturated rings. The van der Waals surface area contributed by atoms with Crippen molar-refractivity contribution in [2.45, 2.75) is 51.6 Å². The molecule has 30 heavy (non-hydrogen) atoms. The Hall–Kier alpha value is -3.16. The lowest BCUT2D eigenvalue weighted by Crippen LogP contribution is -2.42. The van der Waals surface area contributed by atoms with Gasteiger partial charge in [-0.3, -0.25) is 4.79 Å². The van der Waals surface area contributed by atoms with Crippen LogP contribution in [0.3, 0.4) is 0 Å². The highest BCUT2D eigenvalue weighted by Gasteiger charge is 2.35. The van der Waals surface area contributed by atoms with Gasteiger partial charge in [0.15, 0.2) is 12.4 Å². The lowest BCUT2D eigenvalue weighted by molar-refractivity contribution is -0.135. The van der Waals surface area contributed by atoms with Crippen LogP contribution in [0.15, 0.2) is 33.5 Å². The van der Waals surface area contributed by atoms with E-state index in [1.165, 1.54) is 18.9 Å². The van der Waals surface area contributed by atoms with Crippen molar-refractivity contribution < 1.29 is 13.9 Å². The number of carbonyl (C=O) groups excluding carboxylic acids is 1. The van der Waals surface area contributed by atoms with Crippen LogP contribution in [0, 0.1) is 0 Å². The summed E-state index contributed by atoms with van der Waals surface area (Å²) >= 11 is 0. The first kappa shape index (κ1) is 18.8. The topological polar surface area (TPSA) is 90.5 Å². The Bertz CT molecular complexity index is 1180. The van der Waals surface area contributed by atoms with Gasteiger partial charge in [-0.25, -0.2) is 4.79 Å². The van der Waals surface area contributed by atoms with E-state index in [9.17, 15) is 9.59 Å². The largest absolute Gasteiger partial charge is 0.484 e. The molecule has 0 spiro atoms. The number of benzene rings is 1. The highest BCUT2D eigenvalue weighted by atomic mass is 16.5. The molecule has 0 radical (unpaired) electrons. The number of nitrogens with zero attached hydrogens (tertiary/aromatic N) is 4. The van der Waals surface area contributed by atoms with Gasteiger partial charge in [0.05, 0.1) is 12.6 Å². The molecule has 1 saturated carbocycles. The summed E-state index contributed by atoms with van der Waals surface area (Å²) < 4.78 is 13.2. The summed E-state index contributed by atoms with van der Waals surface area (Å²) in [6.07, 6.45) is 3.08. The van der Waals surface area contributed by atoms with Crippen molar-refractivity contribution in [1.82, 2.24) is 19.7 Å². The predicted octanol–water partition coefficient (Wildman–Crippen LogP) is 2.81. The first-order valence-corrected chi connectivity index (χ1v) is 10.4. The van der Waals surface area contributed by atoms with Gasteiger partial charge in [-0.15, -0.1) is 10.2 Å². The molecule has 156 valence electrons. The Morgan fingerprint density at radius 3 is 2.87 bits per heavy atom. The van der Waals surface area contributed by atoms with Gasteiger partial charge in [0, 0.05) is 30.0 Å². The molecular weight excluding hydrogens is 384 g/mol. The van der Waals surface area contributed by atoms with Crippen molar-refractivity contribution in [1.29, 1.82) is 0 Å². The number of hydrogen-bond donors (Lipinski definition) is 0. The third-order valence-corrected chi connectivity index (χ3v) is 5.89. The maximum absolute atomic E-state index is 12.8. The Kier molecular flexibility index (Phi) is 4.56. The zero-order valence-electron chi connectivity index (χ0n) is 17.1. The minimum absolute atomic E-state index is 0.0838. The standard InChI is InChI=1S/C22H24N4O4/c1-3-14-8-21(28)30-18-9-16(6-7-17(14)18)29-12-20(27)25-10-13(2)26-19(11-25)23-24-22(26)15-4-5-15/h6-9,13,15H,3-5,10-12H2,1-2H3/t13-/m0/s1. The molecule has 3 aromatic rings. The van der Waals surface area contributed by atoms with Gasteiger partial charge in [-0.1, -0.05) is 6.92 Å². The minimum atomic E-state index is -0.385. The van der Waals surface area contributed by atoms with Gasteiger partial charge < -0.3 is 18.6 Å². The van der Waals surface area contributed by atoms with Gasteiger partial charge in [-0.05, 0) is 43.9 Å². The van der Waals surface area contributed by atoms with Crippen molar-refractivity contribution in [2.24, 2.45) is 0 Å². The second kappa shape index (κ2) is 7.27. The lowest BCUT2D eigenvalue weighted by atomic mass is 10.1. The molecule has 8 nitrogen and oxygen atoms in total. The molecule has 8 heteroatoms. The summed E-state index contributed by atoms with van der Waals surface area (Å²) in [7, 11) is 0. The van der Waals surface area contributed by atoms with E-state index in [0.717, 1.165) is 29.0 Å². The smallest absolute Gasteiger partial charge is 0.336 e. The Labute approximate surface area is 173 Å². The summed E-state index contributed by atoms with van der Waals surface area (Å²) in [5.41, 5.74) is 1.02. The molecule has 1 aliphatic heterocycles. The highest BCUT2D eigenvalue weighted by Crippen LogP contribution is 2.41. The number of rotatable bonds is 5. The van der Waals surface area contributed by atoms with E-state index in [1.54, 1.807) is 17.0 Å². The number of ether oxygens (including phenoxy) is 1. The molecule has 0 unspecified atom stereocenters. The van der Waals surface area contributed by atoms with E-state index in [-0.39, 0.29) is 24.2 Å². The van der Waals surface area contributed by atoms with Crippen LogP contribution in [-0.2, 0) is 17.8 Å². The third-order valence-electron chi connectivity index (χ3n) is 5.89. The van der Waals surface area contributed by atoms with Gasteiger partial charge in [-0.2, -0.15) is 0 Å². The van der Waals surface area contributed by atoms with E-state index < -0.39 is 0 Å². The van der Waals surface area contributed by atoms with E-state index in [4.69, 9.17) is 9.15 Å². The number of carbonyl (C=O) groups is 1. The Morgan fingerprint density at radius 1 is 1.27 bits per heavy atom. The summed E-state index contributed by atoms with van der Waals surface area (Å²) in [6.45, 7) is 5.05. The fraction of sp³-hybridized carbons (Fsp3) is 0.455. The van der Waals surface area contributed by atoms with Crippen molar-refractivity contribution in [3.05, 3.63) is 51.9 Å². The van der Waals surface area contributed by atoms with Crippen LogP contribution in [0.5, 0.6) is 5.75 Å². The zero-order valence-corrected chi connectivity index (χ0v) is 17.1. The van der Waals surface area contributed by atoms with Crippen LogP contribution in [0.1, 0.15) is 55.9 Å². The molecule has 2 aliphatic rings. The number of fused-ring (bicyclic) bond motifs is 2. The normalized spacial score (nSPS) is 18.5. The van der Waals surface area contributed by atoms with Crippen molar-refractivity contribution in [3.63, 3.8) is 0 Å². The van der Waals surface area contributed by atoms with E-state index >= 15 is 0 Å². The SMILES string of the molecule is CCc1cc(=O)oc2cc(OCC(=O)N3Cc4nnc(C5CC5)n4[C@@H](C)C3)ccc12. The summed E-state index contributed by atoms with van der Waals surface area (Å²) in [4.78, 5) is 26.3. The monoisotopic (exact) mass is 408 g/mol. The quantitative estimate of drug-likeness (QED) is 0.603. The molecule has 1 amide bonds. The second-order valence-corrected chi connectivity index (χ2v) is 8.13. The minimum Gasteiger partial charge on any atom is -0.484 e. The lowest BCUT2D eigenvalue weighted by Gasteiger charge is -2.32. The van der Waals surface area contributed by atoms with Crippen LogP contribution in [0.4, 0.5) is 0 Å². The van der Waals surface area contributed by atoms with Crippen LogP contribution in [-0.4, -0.2) is 38.7 Å². The molecule has 5 rings (SSSR count). The van der Waals surface area contributed by atoms with Crippen LogP contribution < -0.4 is 10.4 Å². The van der Waals surface area contributed by atoms with Crippen LogP contribution >= 0.6 is 0 Å². The molecular formula is C22H24N4O4. The van der Waals surface area contributed by atoms with Crippen LogP contribution in [0.2, 0.25) is 0 Å². The fourth-order valence-corrected chi connectivity index (χ4v) is 4.20. The fourth-order valence-electron chi connectivity index (χ4n) is 4.20. The number of hydrogen-bond acceptors (Lipinski definition) is 6. The molecule has 2 aromatic heterocycles. The average Bonchev–Trinajstić information content (AvgIpc) is 3.49. The average molecular weight is 408 g/mol. The molecule has 0 bridgehead atoms. The van der Waals surface area contributed by atoms with Gasteiger partial charge in [0.25, 0.3) is 5.91 Å². The van der Waals surface area contributed by atoms with Crippen LogP contribution in [0.25, 0.3) is 11.0 Å².